The molecule has 10 nitrogen and oxygen atoms in total. The first kappa shape index (κ1) is 29.3. The summed E-state index contributed by atoms with van der Waals surface area (Å²) < 4.78 is 11.4. The summed E-state index contributed by atoms with van der Waals surface area (Å²) in [5.41, 5.74) is 1.56. The number of nitrogens with zero attached hydrogens (tertiary/aromatic N) is 2. The zero-order valence-electron chi connectivity index (χ0n) is 22.6. The van der Waals surface area contributed by atoms with Gasteiger partial charge in [-0.15, -0.1) is 0 Å². The van der Waals surface area contributed by atoms with Crippen molar-refractivity contribution in [1.82, 2.24) is 20.5 Å². The second kappa shape index (κ2) is 13.5. The van der Waals surface area contributed by atoms with Gasteiger partial charge in [0, 0.05) is 18.2 Å². The minimum Gasteiger partial charge on any atom is -0.507 e. The Morgan fingerprint density at radius 1 is 1.13 bits per heavy atom. The van der Waals surface area contributed by atoms with Gasteiger partial charge in [-0.2, -0.15) is 0 Å². The molecule has 1 saturated heterocycles. The minimum atomic E-state index is -1.27. The number of aromatic nitrogens is 1. The molecule has 2 aromatic rings. The van der Waals surface area contributed by atoms with Crippen LogP contribution in [0.1, 0.15) is 44.6 Å². The fourth-order valence-corrected chi connectivity index (χ4v) is 4.09. The van der Waals surface area contributed by atoms with Crippen LogP contribution in [0.5, 0.6) is 0 Å². The van der Waals surface area contributed by atoms with Crippen LogP contribution in [0.3, 0.4) is 0 Å². The summed E-state index contributed by atoms with van der Waals surface area (Å²) in [6.45, 7) is 7.70. The molecule has 0 radical (unpaired) electrons. The number of carbonyl (C=O) groups excluding carboxylic acids is 3. The Hall–Kier alpha value is -3.28. The Morgan fingerprint density at radius 3 is 2.50 bits per heavy atom. The second-order valence-electron chi connectivity index (χ2n) is 10.2. The summed E-state index contributed by atoms with van der Waals surface area (Å²) >= 11 is 0. The van der Waals surface area contributed by atoms with Gasteiger partial charge < -0.3 is 25.0 Å². The van der Waals surface area contributed by atoms with E-state index in [1.807, 2.05) is 63.1 Å². The molecule has 3 N–H and O–H groups in total. The Morgan fingerprint density at radius 2 is 1.84 bits per heavy atom. The molecule has 3 rings (SSSR count). The third-order valence-corrected chi connectivity index (χ3v) is 6.36. The van der Waals surface area contributed by atoms with Crippen LogP contribution in [0.25, 0.3) is 11.3 Å². The fourth-order valence-electron chi connectivity index (χ4n) is 4.09. The van der Waals surface area contributed by atoms with Gasteiger partial charge in [-0.3, -0.25) is 19.3 Å². The summed E-state index contributed by atoms with van der Waals surface area (Å²) in [4.78, 5) is 45.0. The molecule has 11 heteroatoms. The molecule has 1 aliphatic heterocycles. The van der Waals surface area contributed by atoms with Crippen molar-refractivity contribution in [2.45, 2.75) is 58.2 Å². The lowest BCUT2D eigenvalue weighted by Crippen LogP contribution is -2.59. The Balaban J connectivity index is 1.75. The number of hydrogen-bond donors (Lipinski definition) is 3. The highest BCUT2D eigenvalue weighted by Gasteiger charge is 2.40. The molecule has 0 saturated carbocycles. The second-order valence-corrected chi connectivity index (χ2v) is 10.2. The van der Waals surface area contributed by atoms with Crippen LogP contribution in [0.2, 0.25) is 0 Å². The maximum atomic E-state index is 13.3. The smallest absolute Gasteiger partial charge is 0.507 e. The van der Waals surface area contributed by atoms with Crippen LogP contribution in [-0.4, -0.2) is 84.2 Å². The summed E-state index contributed by atoms with van der Waals surface area (Å²) in [6, 6.07) is 13.2. The summed E-state index contributed by atoms with van der Waals surface area (Å²) in [5.74, 6) is -2.23. The fraction of sp³-hybridized carbons (Fsp3) is 0.481. The average Bonchev–Trinajstić information content (AvgIpc) is 2.88. The van der Waals surface area contributed by atoms with E-state index in [1.165, 1.54) is 6.92 Å². The van der Waals surface area contributed by atoms with E-state index >= 15 is 0 Å². The Labute approximate surface area is 224 Å². The van der Waals surface area contributed by atoms with Crippen molar-refractivity contribution in [2.24, 2.45) is 5.92 Å². The maximum absolute atomic E-state index is 13.3. The number of likely N-dealkylation sites (N-methyl/N-ethyl adjacent to an activating group) is 1. The molecule has 1 aromatic heterocycles. The number of rotatable bonds is 9. The van der Waals surface area contributed by atoms with Crippen molar-refractivity contribution < 1.29 is 28.8 Å². The maximum Gasteiger partial charge on any atom is 0.551 e. The topological polar surface area (TPSA) is 130 Å². The lowest BCUT2D eigenvalue weighted by Gasteiger charge is -2.33. The van der Waals surface area contributed by atoms with E-state index < -0.39 is 43.0 Å². The molecule has 1 fully saturated rings. The average molecular weight is 524 g/mol. The molecular formula is C27H37BN4O6. The van der Waals surface area contributed by atoms with E-state index in [0.29, 0.717) is 18.7 Å². The monoisotopic (exact) mass is 524 g/mol. The molecule has 4 atom stereocenters. The van der Waals surface area contributed by atoms with Gasteiger partial charge in [-0.05, 0) is 45.4 Å². The number of carbonyl (C=O) groups is 3. The summed E-state index contributed by atoms with van der Waals surface area (Å²) in [6.07, 6.45) is -0.750. The first-order valence-electron chi connectivity index (χ1n) is 12.9. The van der Waals surface area contributed by atoms with Gasteiger partial charge in [0.05, 0.1) is 24.3 Å². The molecule has 1 aromatic carbocycles. The summed E-state index contributed by atoms with van der Waals surface area (Å²) in [7, 11) is 0.808. The van der Waals surface area contributed by atoms with E-state index in [4.69, 9.17) is 9.31 Å². The highest BCUT2D eigenvalue weighted by atomic mass is 16.6. The molecule has 204 valence electrons. The molecule has 1 aliphatic rings. The van der Waals surface area contributed by atoms with Crippen LogP contribution < -0.4 is 10.6 Å². The summed E-state index contributed by atoms with van der Waals surface area (Å²) in [5, 5.41) is 15.8. The van der Waals surface area contributed by atoms with E-state index in [1.54, 1.807) is 18.2 Å². The van der Waals surface area contributed by atoms with Gasteiger partial charge in [0.2, 0.25) is 5.91 Å². The van der Waals surface area contributed by atoms with E-state index in [-0.39, 0.29) is 24.2 Å². The standard InChI is InChI=1S/C27H37BN4O6/c1-17(2)14-23(28-37-16-18(3)32(5)15-24(34)38-28)30-27(36)25(19(4)33)31-26(35)22-13-9-12-21(29-22)20-10-7-6-8-11-20/h6-13,17-19,23,25,33H,14-16H2,1-5H3,(H,30,36)(H,31,35)/t18?,19-,23+,25+/m1/s1. The van der Waals surface area contributed by atoms with Gasteiger partial charge in [-0.1, -0.05) is 50.2 Å². The van der Waals surface area contributed by atoms with Gasteiger partial charge in [-0.25, -0.2) is 4.98 Å². The molecule has 2 amide bonds. The molecular weight excluding hydrogens is 487 g/mol. The first-order chi connectivity index (χ1) is 18.0. The number of pyridine rings is 1. The normalized spacial score (nSPS) is 19.1. The third-order valence-electron chi connectivity index (χ3n) is 6.36. The van der Waals surface area contributed by atoms with Crippen LogP contribution in [0.15, 0.2) is 48.5 Å². The number of aliphatic hydroxyl groups excluding tert-OH is 1. The first-order valence-corrected chi connectivity index (χ1v) is 12.9. The molecule has 2 heterocycles. The predicted octanol–water partition coefficient (Wildman–Crippen LogP) is 1.68. The van der Waals surface area contributed by atoms with E-state index in [2.05, 4.69) is 15.6 Å². The number of benzene rings is 1. The van der Waals surface area contributed by atoms with Gasteiger partial charge in [0.1, 0.15) is 11.7 Å². The van der Waals surface area contributed by atoms with Gasteiger partial charge in [0.25, 0.3) is 5.91 Å². The largest absolute Gasteiger partial charge is 0.551 e. The van der Waals surface area contributed by atoms with Crippen molar-refractivity contribution in [1.29, 1.82) is 0 Å². The minimum absolute atomic E-state index is 0.0237. The van der Waals surface area contributed by atoms with Gasteiger partial charge >= 0.3 is 13.1 Å². The number of hydrogen-bond acceptors (Lipinski definition) is 8. The van der Waals surface area contributed by atoms with Crippen LogP contribution in [0.4, 0.5) is 0 Å². The Kier molecular flexibility index (Phi) is 10.4. The van der Waals surface area contributed by atoms with Crippen LogP contribution in [-0.2, 0) is 18.9 Å². The third kappa shape index (κ3) is 8.11. The van der Waals surface area contributed by atoms with Crippen LogP contribution >= 0.6 is 0 Å². The van der Waals surface area contributed by atoms with Crippen molar-refractivity contribution in [2.75, 3.05) is 20.2 Å². The molecule has 0 bridgehead atoms. The van der Waals surface area contributed by atoms with Crippen molar-refractivity contribution >= 4 is 24.9 Å². The van der Waals surface area contributed by atoms with Crippen molar-refractivity contribution in [3.05, 3.63) is 54.2 Å². The van der Waals surface area contributed by atoms with Gasteiger partial charge in [0.15, 0.2) is 0 Å². The molecule has 0 aliphatic carbocycles. The Bertz CT molecular complexity index is 1100. The zero-order valence-corrected chi connectivity index (χ0v) is 22.6. The quantitative estimate of drug-likeness (QED) is 0.423. The van der Waals surface area contributed by atoms with Crippen molar-refractivity contribution in [3.63, 3.8) is 0 Å². The zero-order chi connectivity index (χ0) is 27.8. The lowest BCUT2D eigenvalue weighted by atomic mass is 9.73. The molecule has 1 unspecified atom stereocenters. The molecule has 0 spiro atoms. The van der Waals surface area contributed by atoms with Crippen molar-refractivity contribution in [3.8, 4) is 11.3 Å². The number of nitrogens with one attached hydrogen (secondary N) is 2. The highest BCUT2D eigenvalue weighted by molar-refractivity contribution is 6.49. The van der Waals surface area contributed by atoms with Crippen LogP contribution in [0, 0.1) is 5.92 Å². The highest BCUT2D eigenvalue weighted by Crippen LogP contribution is 2.17. The predicted molar refractivity (Wildman–Crippen MR) is 144 cm³/mol. The number of amides is 2. The molecule has 38 heavy (non-hydrogen) atoms. The lowest BCUT2D eigenvalue weighted by molar-refractivity contribution is -0.139. The SMILES string of the molecule is CC(C)C[C@H](NC(=O)[C@@H](NC(=O)c1cccc(-c2ccccc2)n1)[C@@H](C)O)B1OCC(C)N(C)CC(=O)O1. The number of aliphatic hydroxyl groups is 1. The van der Waals surface area contributed by atoms with E-state index in [9.17, 15) is 19.5 Å². The van der Waals surface area contributed by atoms with E-state index in [0.717, 1.165) is 5.56 Å².